The zero-order valence-corrected chi connectivity index (χ0v) is 10.4. The summed E-state index contributed by atoms with van der Waals surface area (Å²) < 4.78 is 16.4. The molecule has 3 nitrogen and oxygen atoms in total. The topological polar surface area (TPSA) is 27.7 Å². The summed E-state index contributed by atoms with van der Waals surface area (Å²) in [6.07, 6.45) is 4.08. The van der Waals surface area contributed by atoms with Gasteiger partial charge < -0.3 is 14.2 Å². The Morgan fingerprint density at radius 3 is 2.72 bits per heavy atom. The van der Waals surface area contributed by atoms with Crippen molar-refractivity contribution < 1.29 is 14.2 Å². The van der Waals surface area contributed by atoms with Crippen molar-refractivity contribution in [3.05, 3.63) is 35.9 Å². The normalized spacial score (nSPS) is 13.0. The molecule has 0 spiro atoms. The number of hydrogen-bond donors (Lipinski definition) is 0. The van der Waals surface area contributed by atoms with Crippen molar-refractivity contribution in [1.29, 1.82) is 0 Å². The van der Waals surface area contributed by atoms with E-state index in [0.717, 1.165) is 33.6 Å². The monoisotopic (exact) mass is 242 g/mol. The van der Waals surface area contributed by atoms with Gasteiger partial charge in [-0.1, -0.05) is 12.1 Å². The predicted octanol–water partition coefficient (Wildman–Crippen LogP) is 3.26. The first-order valence-electron chi connectivity index (χ1n) is 5.81. The van der Waals surface area contributed by atoms with Crippen molar-refractivity contribution in [1.82, 2.24) is 0 Å². The molecule has 1 aliphatic heterocycles. The Morgan fingerprint density at radius 2 is 1.94 bits per heavy atom. The highest BCUT2D eigenvalue weighted by Gasteiger charge is 2.14. The van der Waals surface area contributed by atoms with Crippen LogP contribution >= 0.6 is 0 Å². The molecule has 0 fully saturated rings. The van der Waals surface area contributed by atoms with Crippen LogP contribution in [0.4, 0.5) is 0 Å². The molecule has 3 heteroatoms. The summed E-state index contributed by atoms with van der Waals surface area (Å²) in [5.41, 5.74) is 1.09. The van der Waals surface area contributed by atoms with Gasteiger partial charge in [-0.15, -0.1) is 0 Å². The summed E-state index contributed by atoms with van der Waals surface area (Å²) in [6, 6.07) is 7.96. The first kappa shape index (κ1) is 11.0. The minimum atomic E-state index is 0.603. The van der Waals surface area contributed by atoms with Crippen LogP contribution in [0.5, 0.6) is 17.2 Å². The SMILES string of the molecule is COc1cc(OC)c2ccc3c(c2c1)OCC=C3. The molecule has 3 rings (SSSR count). The van der Waals surface area contributed by atoms with Crippen LogP contribution in [-0.2, 0) is 0 Å². The molecule has 1 heterocycles. The van der Waals surface area contributed by atoms with E-state index in [-0.39, 0.29) is 0 Å². The fourth-order valence-electron chi connectivity index (χ4n) is 2.25. The van der Waals surface area contributed by atoms with Crippen molar-refractivity contribution in [2.24, 2.45) is 0 Å². The third-order valence-corrected chi connectivity index (χ3v) is 3.13. The number of methoxy groups -OCH3 is 2. The van der Waals surface area contributed by atoms with Crippen LogP contribution in [0.1, 0.15) is 5.56 Å². The Hall–Kier alpha value is -2.16. The lowest BCUT2D eigenvalue weighted by Crippen LogP contribution is -2.01. The lowest BCUT2D eigenvalue weighted by Gasteiger charge is -2.17. The standard InChI is InChI=1S/C15H14O3/c1-16-11-8-13-12(14(9-11)17-2)6-5-10-4-3-7-18-15(10)13/h3-6,8-9H,7H2,1-2H3. The van der Waals surface area contributed by atoms with Crippen molar-refractivity contribution in [3.63, 3.8) is 0 Å². The van der Waals surface area contributed by atoms with Gasteiger partial charge in [0.05, 0.1) is 14.2 Å². The summed E-state index contributed by atoms with van der Waals surface area (Å²) in [7, 11) is 3.31. The first-order chi connectivity index (χ1) is 8.83. The molecule has 18 heavy (non-hydrogen) atoms. The zero-order chi connectivity index (χ0) is 12.5. The van der Waals surface area contributed by atoms with E-state index in [9.17, 15) is 0 Å². The van der Waals surface area contributed by atoms with Crippen LogP contribution in [0.2, 0.25) is 0 Å². The summed E-state index contributed by atoms with van der Waals surface area (Å²) in [6.45, 7) is 0.603. The van der Waals surface area contributed by atoms with Gasteiger partial charge in [-0.2, -0.15) is 0 Å². The molecule has 0 aromatic heterocycles. The van der Waals surface area contributed by atoms with E-state index >= 15 is 0 Å². The van der Waals surface area contributed by atoms with E-state index in [2.05, 4.69) is 6.08 Å². The van der Waals surface area contributed by atoms with Gasteiger partial charge in [0.2, 0.25) is 0 Å². The van der Waals surface area contributed by atoms with Crippen LogP contribution in [0.3, 0.4) is 0 Å². The summed E-state index contributed by atoms with van der Waals surface area (Å²) in [5.74, 6) is 2.46. The van der Waals surface area contributed by atoms with Crippen LogP contribution in [0, 0.1) is 0 Å². The molecular formula is C15H14O3. The number of benzene rings is 2. The second kappa shape index (κ2) is 4.26. The predicted molar refractivity (Wildman–Crippen MR) is 71.6 cm³/mol. The van der Waals surface area contributed by atoms with Gasteiger partial charge in [-0.05, 0) is 18.2 Å². The molecular weight excluding hydrogens is 228 g/mol. The quantitative estimate of drug-likeness (QED) is 0.809. The van der Waals surface area contributed by atoms with Crippen LogP contribution in [0.15, 0.2) is 30.3 Å². The Labute approximate surface area is 106 Å². The Bertz CT molecular complexity index is 629. The van der Waals surface area contributed by atoms with Gasteiger partial charge in [0.15, 0.2) is 0 Å². The number of fused-ring (bicyclic) bond motifs is 3. The average Bonchev–Trinajstić information content (AvgIpc) is 2.45. The Kier molecular flexibility index (Phi) is 2.59. The molecule has 0 saturated carbocycles. The second-order valence-electron chi connectivity index (χ2n) is 4.12. The average molecular weight is 242 g/mol. The minimum Gasteiger partial charge on any atom is -0.497 e. The van der Waals surface area contributed by atoms with Crippen LogP contribution in [0.25, 0.3) is 16.8 Å². The van der Waals surface area contributed by atoms with Crippen LogP contribution in [-0.4, -0.2) is 20.8 Å². The molecule has 2 aromatic carbocycles. The molecule has 1 aliphatic rings. The van der Waals surface area contributed by atoms with Crippen molar-refractivity contribution in [2.45, 2.75) is 0 Å². The van der Waals surface area contributed by atoms with Gasteiger partial charge in [0.1, 0.15) is 23.9 Å². The lowest BCUT2D eigenvalue weighted by atomic mass is 10.0. The maximum atomic E-state index is 5.74. The molecule has 0 atom stereocenters. The summed E-state index contributed by atoms with van der Waals surface area (Å²) in [5, 5.41) is 2.06. The molecule has 0 N–H and O–H groups in total. The summed E-state index contributed by atoms with van der Waals surface area (Å²) in [4.78, 5) is 0. The van der Waals surface area contributed by atoms with Gasteiger partial charge in [-0.3, -0.25) is 0 Å². The van der Waals surface area contributed by atoms with E-state index in [1.165, 1.54) is 0 Å². The summed E-state index contributed by atoms with van der Waals surface area (Å²) >= 11 is 0. The molecule has 0 saturated heterocycles. The van der Waals surface area contributed by atoms with Crippen molar-refractivity contribution in [3.8, 4) is 17.2 Å². The third-order valence-electron chi connectivity index (χ3n) is 3.13. The third kappa shape index (κ3) is 1.59. The maximum absolute atomic E-state index is 5.74. The molecule has 0 radical (unpaired) electrons. The van der Waals surface area contributed by atoms with Gasteiger partial charge in [0.25, 0.3) is 0 Å². The second-order valence-corrected chi connectivity index (χ2v) is 4.12. The van der Waals surface area contributed by atoms with Crippen molar-refractivity contribution in [2.75, 3.05) is 20.8 Å². The highest BCUT2D eigenvalue weighted by Crippen LogP contribution is 2.39. The highest BCUT2D eigenvalue weighted by atomic mass is 16.5. The minimum absolute atomic E-state index is 0.603. The van der Waals surface area contributed by atoms with E-state index in [0.29, 0.717) is 6.61 Å². The Balaban J connectivity index is 2.36. The van der Waals surface area contributed by atoms with E-state index in [1.54, 1.807) is 14.2 Å². The fraction of sp³-hybridized carbons (Fsp3) is 0.200. The number of ether oxygens (including phenoxy) is 3. The number of rotatable bonds is 2. The number of hydrogen-bond acceptors (Lipinski definition) is 3. The largest absolute Gasteiger partial charge is 0.497 e. The van der Waals surface area contributed by atoms with E-state index in [4.69, 9.17) is 14.2 Å². The zero-order valence-electron chi connectivity index (χ0n) is 10.4. The molecule has 0 bridgehead atoms. The molecule has 0 unspecified atom stereocenters. The molecule has 0 aliphatic carbocycles. The van der Waals surface area contributed by atoms with Crippen LogP contribution < -0.4 is 14.2 Å². The van der Waals surface area contributed by atoms with Gasteiger partial charge in [0, 0.05) is 22.4 Å². The fourth-order valence-corrected chi connectivity index (χ4v) is 2.25. The first-order valence-corrected chi connectivity index (χ1v) is 5.81. The highest BCUT2D eigenvalue weighted by molar-refractivity contribution is 5.97. The smallest absolute Gasteiger partial charge is 0.135 e. The maximum Gasteiger partial charge on any atom is 0.135 e. The van der Waals surface area contributed by atoms with E-state index in [1.807, 2.05) is 30.3 Å². The van der Waals surface area contributed by atoms with Gasteiger partial charge in [-0.25, -0.2) is 0 Å². The molecule has 92 valence electrons. The van der Waals surface area contributed by atoms with E-state index < -0.39 is 0 Å². The van der Waals surface area contributed by atoms with Gasteiger partial charge >= 0.3 is 0 Å². The Morgan fingerprint density at radius 1 is 1.06 bits per heavy atom. The van der Waals surface area contributed by atoms with Crippen molar-refractivity contribution >= 4 is 16.8 Å². The molecule has 0 amide bonds. The molecule has 2 aromatic rings. The lowest BCUT2D eigenvalue weighted by molar-refractivity contribution is 0.362.